The molecular weight excluding hydrogens is 388 g/mol. The van der Waals surface area contributed by atoms with Crippen molar-refractivity contribution in [2.75, 3.05) is 26.5 Å². The van der Waals surface area contributed by atoms with E-state index in [9.17, 15) is 9.59 Å². The summed E-state index contributed by atoms with van der Waals surface area (Å²) in [6.07, 6.45) is 3.54. The highest BCUT2D eigenvalue weighted by molar-refractivity contribution is 8.00. The van der Waals surface area contributed by atoms with Gasteiger partial charge in [0.15, 0.2) is 11.5 Å². The normalized spacial score (nSPS) is 21.3. The number of ether oxygens (including phenoxy) is 2. The summed E-state index contributed by atoms with van der Waals surface area (Å²) in [5.41, 5.74) is 1.06. The van der Waals surface area contributed by atoms with E-state index in [-0.39, 0.29) is 29.1 Å². The van der Waals surface area contributed by atoms with Gasteiger partial charge in [-0.05, 0) is 49.3 Å². The minimum atomic E-state index is -0.359. The Hall–Kier alpha value is -1.89. The molecule has 1 aliphatic heterocycles. The van der Waals surface area contributed by atoms with E-state index in [1.807, 2.05) is 23.1 Å². The van der Waals surface area contributed by atoms with Crippen molar-refractivity contribution in [2.45, 2.75) is 50.9 Å². The molecule has 29 heavy (non-hydrogen) atoms. The second-order valence-electron chi connectivity index (χ2n) is 8.18. The number of thioether (sulfide) groups is 1. The van der Waals surface area contributed by atoms with Gasteiger partial charge in [0.05, 0.1) is 19.6 Å². The van der Waals surface area contributed by atoms with Crippen molar-refractivity contribution in [1.29, 1.82) is 0 Å². The zero-order chi connectivity index (χ0) is 21.0. The second kappa shape index (κ2) is 9.74. The number of amides is 2. The number of methoxy groups -OCH3 is 2. The lowest BCUT2D eigenvalue weighted by atomic mass is 10.1. The van der Waals surface area contributed by atoms with Crippen LogP contribution in [0, 0.1) is 11.8 Å². The lowest BCUT2D eigenvalue weighted by Crippen LogP contribution is -2.50. The quantitative estimate of drug-likeness (QED) is 0.665. The van der Waals surface area contributed by atoms with Crippen LogP contribution >= 0.6 is 11.8 Å². The molecule has 2 amide bonds. The van der Waals surface area contributed by atoms with Gasteiger partial charge in [-0.3, -0.25) is 9.59 Å². The highest BCUT2D eigenvalue weighted by Crippen LogP contribution is 2.39. The van der Waals surface area contributed by atoms with Crippen LogP contribution < -0.4 is 14.8 Å². The number of nitrogens with zero attached hydrogens (tertiary/aromatic N) is 1. The third-order valence-electron chi connectivity index (χ3n) is 5.41. The Labute approximate surface area is 177 Å². The highest BCUT2D eigenvalue weighted by Gasteiger charge is 2.45. The first-order chi connectivity index (χ1) is 13.9. The van der Waals surface area contributed by atoms with Crippen LogP contribution in [0.3, 0.4) is 0 Å². The Balaban J connectivity index is 1.58. The van der Waals surface area contributed by atoms with Gasteiger partial charge in [0, 0.05) is 18.2 Å². The molecule has 1 aliphatic carbocycles. The number of benzene rings is 1. The minimum absolute atomic E-state index is 0.0433. The van der Waals surface area contributed by atoms with E-state index in [1.165, 1.54) is 0 Å². The number of nitrogens with one attached hydrogen (secondary N) is 1. The van der Waals surface area contributed by atoms with Crippen LogP contribution in [0.1, 0.15) is 38.7 Å². The van der Waals surface area contributed by atoms with Crippen molar-refractivity contribution in [3.05, 3.63) is 23.8 Å². The molecule has 2 atom stereocenters. The zero-order valence-electron chi connectivity index (χ0n) is 17.8. The van der Waals surface area contributed by atoms with Gasteiger partial charge in [-0.2, -0.15) is 0 Å². The van der Waals surface area contributed by atoms with Crippen LogP contribution in [0.25, 0.3) is 0 Å². The van der Waals surface area contributed by atoms with E-state index in [0.717, 1.165) is 24.8 Å². The summed E-state index contributed by atoms with van der Waals surface area (Å²) in [5, 5.41) is 3.15. The standard InChI is InChI=1S/C22H32N2O4S/c1-14(2)11-20-24(22(26)16-6-7-16)17(13-29-20)21(25)23-10-9-15-5-8-18(27-3)19(12-15)28-4/h5,8,12,14,16-17,20H,6-7,9-11,13H2,1-4H3,(H,23,25). The molecule has 2 fully saturated rings. The van der Waals surface area contributed by atoms with Gasteiger partial charge in [-0.15, -0.1) is 11.8 Å². The average Bonchev–Trinajstić information content (AvgIpc) is 3.47. The lowest BCUT2D eigenvalue weighted by Gasteiger charge is -2.30. The molecule has 1 heterocycles. The van der Waals surface area contributed by atoms with Crippen LogP contribution in [-0.2, 0) is 16.0 Å². The predicted molar refractivity (Wildman–Crippen MR) is 115 cm³/mol. The summed E-state index contributed by atoms with van der Waals surface area (Å²) in [5.74, 6) is 2.80. The fourth-order valence-corrected chi connectivity index (χ4v) is 5.32. The Morgan fingerprint density at radius 1 is 1.21 bits per heavy atom. The highest BCUT2D eigenvalue weighted by atomic mass is 32.2. The van der Waals surface area contributed by atoms with E-state index >= 15 is 0 Å². The molecule has 0 radical (unpaired) electrons. The molecule has 0 aromatic heterocycles. The molecule has 0 spiro atoms. The molecule has 1 N–H and O–H groups in total. The molecule has 7 heteroatoms. The van der Waals surface area contributed by atoms with Crippen LogP contribution in [0.2, 0.25) is 0 Å². The molecule has 2 unspecified atom stereocenters. The monoisotopic (exact) mass is 420 g/mol. The molecule has 1 aromatic carbocycles. The van der Waals surface area contributed by atoms with Crippen LogP contribution in [0.5, 0.6) is 11.5 Å². The second-order valence-corrected chi connectivity index (χ2v) is 9.39. The SMILES string of the molecule is COc1ccc(CCNC(=O)C2CSC(CC(C)C)N2C(=O)C2CC2)cc1OC. The maximum Gasteiger partial charge on any atom is 0.243 e. The molecule has 2 aliphatic rings. The predicted octanol–water partition coefficient (Wildman–Crippen LogP) is 3.09. The number of carbonyl (C=O) groups excluding carboxylic acids is 2. The summed E-state index contributed by atoms with van der Waals surface area (Å²) >= 11 is 1.74. The number of rotatable bonds is 9. The first-order valence-electron chi connectivity index (χ1n) is 10.4. The maximum absolute atomic E-state index is 12.9. The molecular formula is C22H32N2O4S. The Morgan fingerprint density at radius 3 is 2.55 bits per heavy atom. The molecule has 1 saturated heterocycles. The largest absolute Gasteiger partial charge is 0.493 e. The van der Waals surface area contributed by atoms with Crippen molar-refractivity contribution in [1.82, 2.24) is 10.2 Å². The van der Waals surface area contributed by atoms with Gasteiger partial charge >= 0.3 is 0 Å². The summed E-state index contributed by atoms with van der Waals surface area (Å²) in [7, 11) is 3.22. The van der Waals surface area contributed by atoms with Gasteiger partial charge in [-0.1, -0.05) is 19.9 Å². The van der Waals surface area contributed by atoms with Crippen LogP contribution in [0.4, 0.5) is 0 Å². The fourth-order valence-electron chi connectivity index (χ4n) is 3.67. The fraction of sp³-hybridized carbons (Fsp3) is 0.636. The summed E-state index contributed by atoms with van der Waals surface area (Å²) in [4.78, 5) is 27.6. The van der Waals surface area contributed by atoms with Gasteiger partial charge in [0.25, 0.3) is 0 Å². The van der Waals surface area contributed by atoms with Crippen LogP contribution in [0.15, 0.2) is 18.2 Å². The molecule has 0 bridgehead atoms. The smallest absolute Gasteiger partial charge is 0.243 e. The van der Waals surface area contributed by atoms with Crippen molar-refractivity contribution < 1.29 is 19.1 Å². The van der Waals surface area contributed by atoms with E-state index in [4.69, 9.17) is 9.47 Å². The van der Waals surface area contributed by atoms with Crippen molar-refractivity contribution >= 4 is 23.6 Å². The lowest BCUT2D eigenvalue weighted by molar-refractivity contribution is -0.141. The van der Waals surface area contributed by atoms with Gasteiger partial charge in [0.1, 0.15) is 6.04 Å². The minimum Gasteiger partial charge on any atom is -0.493 e. The summed E-state index contributed by atoms with van der Waals surface area (Å²) in [6, 6.07) is 5.41. The molecule has 3 rings (SSSR count). The van der Waals surface area contributed by atoms with E-state index in [1.54, 1.807) is 26.0 Å². The maximum atomic E-state index is 12.9. The third-order valence-corrected chi connectivity index (χ3v) is 6.72. The summed E-state index contributed by atoms with van der Waals surface area (Å²) < 4.78 is 10.6. The molecule has 160 valence electrons. The van der Waals surface area contributed by atoms with Crippen molar-refractivity contribution in [3.8, 4) is 11.5 Å². The first-order valence-corrected chi connectivity index (χ1v) is 11.4. The van der Waals surface area contributed by atoms with E-state index < -0.39 is 0 Å². The molecule has 1 saturated carbocycles. The van der Waals surface area contributed by atoms with Gasteiger partial charge in [0.2, 0.25) is 11.8 Å². The van der Waals surface area contributed by atoms with Gasteiger partial charge < -0.3 is 19.7 Å². The van der Waals surface area contributed by atoms with Crippen LogP contribution in [-0.4, -0.2) is 54.6 Å². The Morgan fingerprint density at radius 2 is 1.93 bits per heavy atom. The molecule has 1 aromatic rings. The Bertz CT molecular complexity index is 736. The average molecular weight is 421 g/mol. The third kappa shape index (κ3) is 5.38. The Kier molecular flexibility index (Phi) is 7.33. The van der Waals surface area contributed by atoms with Gasteiger partial charge in [-0.25, -0.2) is 0 Å². The zero-order valence-corrected chi connectivity index (χ0v) is 18.6. The van der Waals surface area contributed by atoms with Crippen molar-refractivity contribution in [2.24, 2.45) is 11.8 Å². The molecule has 6 nitrogen and oxygen atoms in total. The number of hydrogen-bond acceptors (Lipinski definition) is 5. The summed E-state index contributed by atoms with van der Waals surface area (Å²) in [6.45, 7) is 4.85. The first kappa shape index (κ1) is 21.8. The van der Waals surface area contributed by atoms with Crippen molar-refractivity contribution in [3.63, 3.8) is 0 Å². The number of carbonyl (C=O) groups is 2. The van der Waals surface area contributed by atoms with E-state index in [0.29, 0.717) is 36.1 Å². The number of hydrogen-bond donors (Lipinski definition) is 1. The van der Waals surface area contributed by atoms with E-state index in [2.05, 4.69) is 19.2 Å². The topological polar surface area (TPSA) is 67.9 Å².